The molecule has 9 heteroatoms. The first-order valence-electron chi connectivity index (χ1n) is 11.9. The number of ether oxygens (including phenoxy) is 2. The van der Waals surface area contributed by atoms with Crippen LogP contribution in [-0.4, -0.2) is 41.5 Å². The normalized spacial score (nSPS) is 12.2. The summed E-state index contributed by atoms with van der Waals surface area (Å²) in [5, 5.41) is 0. The van der Waals surface area contributed by atoms with Crippen molar-refractivity contribution in [1.29, 1.82) is 0 Å². The van der Waals surface area contributed by atoms with Gasteiger partial charge in [0.1, 0.15) is 6.61 Å². The predicted octanol–water partition coefficient (Wildman–Crippen LogP) is 5.85. The minimum Gasteiger partial charge on any atom is -0.462 e. The van der Waals surface area contributed by atoms with E-state index in [4.69, 9.17) is 14.5 Å². The van der Waals surface area contributed by atoms with Crippen molar-refractivity contribution in [2.75, 3.05) is 13.2 Å². The third-order valence-corrected chi connectivity index (χ3v) is 4.94. The lowest BCUT2D eigenvalue weighted by atomic mass is 10.1. The van der Waals surface area contributed by atoms with E-state index in [2.05, 4.69) is 42.2 Å². The third-order valence-electron chi connectivity index (χ3n) is 4.46. The van der Waals surface area contributed by atoms with Crippen LogP contribution in [0.5, 0.6) is 0 Å². The summed E-state index contributed by atoms with van der Waals surface area (Å²) in [4.78, 5) is 38.7. The molecule has 2 N–H and O–H groups in total. The number of phosphoric ester groups is 1. The highest BCUT2D eigenvalue weighted by molar-refractivity contribution is 7.46. The summed E-state index contributed by atoms with van der Waals surface area (Å²) >= 11 is 0. The Hall–Kier alpha value is -1.21. The highest BCUT2D eigenvalue weighted by Crippen LogP contribution is 2.35. The molecule has 0 radical (unpaired) electrons. The number of esters is 1. The summed E-state index contributed by atoms with van der Waals surface area (Å²) in [7, 11) is -4.66. The number of carbonyl (C=O) groups excluding carboxylic acids is 2. The molecule has 0 spiro atoms. The Balaban J connectivity index is 0. The second kappa shape index (κ2) is 24.4. The molecular formula is C23H45O8P. The molecular weight excluding hydrogens is 435 g/mol. The van der Waals surface area contributed by atoms with Gasteiger partial charge >= 0.3 is 13.8 Å². The van der Waals surface area contributed by atoms with Crippen molar-refractivity contribution in [1.82, 2.24) is 0 Å². The lowest BCUT2D eigenvalue weighted by molar-refractivity contribution is -0.153. The van der Waals surface area contributed by atoms with E-state index in [-0.39, 0.29) is 19.5 Å². The van der Waals surface area contributed by atoms with Crippen LogP contribution in [0.25, 0.3) is 0 Å². The van der Waals surface area contributed by atoms with E-state index in [0.29, 0.717) is 0 Å². The van der Waals surface area contributed by atoms with E-state index in [1.165, 1.54) is 44.9 Å². The van der Waals surface area contributed by atoms with E-state index >= 15 is 0 Å². The molecule has 0 aliphatic carbocycles. The number of hydrogen-bond donors (Lipinski definition) is 2. The maximum atomic E-state index is 11.4. The van der Waals surface area contributed by atoms with Crippen molar-refractivity contribution in [2.45, 2.75) is 110 Å². The number of phosphoric acid groups is 1. The molecule has 8 nitrogen and oxygen atoms in total. The van der Waals surface area contributed by atoms with Crippen molar-refractivity contribution >= 4 is 20.3 Å². The van der Waals surface area contributed by atoms with Crippen LogP contribution in [0.1, 0.15) is 104 Å². The lowest BCUT2D eigenvalue weighted by Crippen LogP contribution is -2.26. The lowest BCUT2D eigenvalue weighted by Gasteiger charge is -2.15. The fourth-order valence-electron chi connectivity index (χ4n) is 2.59. The maximum absolute atomic E-state index is 11.4. The molecule has 0 saturated carbocycles. The van der Waals surface area contributed by atoms with Gasteiger partial charge in [0.25, 0.3) is 6.47 Å². The van der Waals surface area contributed by atoms with E-state index in [1.54, 1.807) is 0 Å². The highest BCUT2D eigenvalue weighted by Gasteiger charge is 2.20. The van der Waals surface area contributed by atoms with Gasteiger partial charge in [-0.3, -0.25) is 14.1 Å². The zero-order chi connectivity index (χ0) is 24.5. The fraction of sp³-hybridized carbons (Fsp3) is 0.826. The third kappa shape index (κ3) is 28.8. The molecule has 0 aromatic carbocycles. The zero-order valence-electron chi connectivity index (χ0n) is 20.2. The van der Waals surface area contributed by atoms with Crippen molar-refractivity contribution in [3.8, 4) is 0 Å². The first-order valence-corrected chi connectivity index (χ1v) is 13.4. The van der Waals surface area contributed by atoms with Crippen LogP contribution in [0.4, 0.5) is 0 Å². The Morgan fingerprint density at radius 3 is 1.97 bits per heavy atom. The maximum Gasteiger partial charge on any atom is 0.469 e. The van der Waals surface area contributed by atoms with Crippen LogP contribution in [0.2, 0.25) is 0 Å². The average Bonchev–Trinajstić information content (AvgIpc) is 2.75. The zero-order valence-corrected chi connectivity index (χ0v) is 21.1. The largest absolute Gasteiger partial charge is 0.469 e. The number of unbranched alkanes of at least 4 members (excludes halogenated alkanes) is 9. The van der Waals surface area contributed by atoms with Crippen LogP contribution in [-0.2, 0) is 28.2 Å². The van der Waals surface area contributed by atoms with E-state index in [9.17, 15) is 14.2 Å². The second-order valence-electron chi connectivity index (χ2n) is 7.60. The van der Waals surface area contributed by atoms with Gasteiger partial charge in [-0.05, 0) is 25.7 Å². The minimum absolute atomic E-state index is 0.103. The number of rotatable bonds is 20. The summed E-state index contributed by atoms with van der Waals surface area (Å²) < 4.78 is 24.1. The Morgan fingerprint density at radius 2 is 1.41 bits per heavy atom. The van der Waals surface area contributed by atoms with E-state index < -0.39 is 26.5 Å². The number of carbonyl (C=O) groups is 2. The minimum atomic E-state index is -4.66. The van der Waals surface area contributed by atoms with Crippen LogP contribution in [0.15, 0.2) is 12.2 Å². The molecule has 0 aromatic rings. The molecule has 0 rings (SSSR count). The van der Waals surface area contributed by atoms with Crippen LogP contribution >= 0.6 is 7.82 Å². The monoisotopic (exact) mass is 480 g/mol. The topological polar surface area (TPSA) is 119 Å². The molecule has 0 aromatic heterocycles. The molecule has 32 heavy (non-hydrogen) atoms. The standard InChI is InChI=1S/C12H23O8P.C11H22/c1-2-3-4-5-6-7-12(14)18-8-11(19-10-13)9-20-21(15,16)17;1-3-5-7-9-11-10-8-6-4-2/h10-11H,2-9H2,1H3,(H2,15,16,17);9,11H,3-8,10H2,1-2H3/b;11-9+/t11-;/m0./s1. The molecule has 0 aliphatic rings. The SMILES string of the molecule is CCCC/C=C/CCCCC.CCCCCCCC(=O)OC[C@@H](COP(=O)(O)O)OC=O. The van der Waals surface area contributed by atoms with Gasteiger partial charge < -0.3 is 19.3 Å². The Labute approximate surface area is 194 Å². The average molecular weight is 481 g/mol. The molecule has 0 saturated heterocycles. The summed E-state index contributed by atoms with van der Waals surface area (Å²) in [5.41, 5.74) is 0. The molecule has 190 valence electrons. The van der Waals surface area contributed by atoms with Crippen LogP contribution < -0.4 is 0 Å². The van der Waals surface area contributed by atoms with Gasteiger partial charge in [-0.2, -0.15) is 0 Å². The number of allylic oxidation sites excluding steroid dienone is 2. The molecule has 0 heterocycles. The Kier molecular flexibility index (Phi) is 25.2. The summed E-state index contributed by atoms with van der Waals surface area (Å²) in [6.07, 6.45) is 18.2. The van der Waals surface area contributed by atoms with Crippen LogP contribution in [0, 0.1) is 0 Å². The molecule has 0 aliphatic heterocycles. The Morgan fingerprint density at radius 1 is 0.844 bits per heavy atom. The van der Waals surface area contributed by atoms with Gasteiger partial charge in [0.05, 0.1) is 6.61 Å². The summed E-state index contributed by atoms with van der Waals surface area (Å²) in [6.45, 7) is 5.85. The molecule has 0 fully saturated rings. The Bertz CT molecular complexity index is 504. The highest BCUT2D eigenvalue weighted by atomic mass is 31.2. The molecule has 0 bridgehead atoms. The predicted molar refractivity (Wildman–Crippen MR) is 126 cm³/mol. The van der Waals surface area contributed by atoms with Gasteiger partial charge in [-0.1, -0.05) is 84.3 Å². The smallest absolute Gasteiger partial charge is 0.462 e. The summed E-state index contributed by atoms with van der Waals surface area (Å²) in [6, 6.07) is 0. The summed E-state index contributed by atoms with van der Waals surface area (Å²) in [5.74, 6) is -0.442. The number of hydrogen-bond acceptors (Lipinski definition) is 6. The first kappa shape index (κ1) is 33.0. The quantitative estimate of drug-likeness (QED) is 0.0732. The van der Waals surface area contributed by atoms with Gasteiger partial charge in [-0.15, -0.1) is 0 Å². The molecule has 1 atom stereocenters. The van der Waals surface area contributed by atoms with Gasteiger partial charge in [0.15, 0.2) is 6.10 Å². The van der Waals surface area contributed by atoms with Crippen molar-refractivity contribution < 1.29 is 37.9 Å². The van der Waals surface area contributed by atoms with Crippen molar-refractivity contribution in [3.05, 3.63) is 12.2 Å². The van der Waals surface area contributed by atoms with Gasteiger partial charge in [-0.25, -0.2) is 4.57 Å². The second-order valence-corrected chi connectivity index (χ2v) is 8.84. The first-order chi connectivity index (χ1) is 15.3. The van der Waals surface area contributed by atoms with E-state index in [1.807, 2.05) is 0 Å². The molecule has 0 unspecified atom stereocenters. The fourth-order valence-corrected chi connectivity index (χ4v) is 2.95. The van der Waals surface area contributed by atoms with Crippen molar-refractivity contribution in [3.63, 3.8) is 0 Å². The van der Waals surface area contributed by atoms with Gasteiger partial charge in [0.2, 0.25) is 0 Å². The molecule has 0 amide bonds. The van der Waals surface area contributed by atoms with Crippen molar-refractivity contribution in [2.24, 2.45) is 0 Å². The van der Waals surface area contributed by atoms with Crippen LogP contribution in [0.3, 0.4) is 0 Å². The van der Waals surface area contributed by atoms with Gasteiger partial charge in [0, 0.05) is 6.42 Å². The van der Waals surface area contributed by atoms with E-state index in [0.717, 1.165) is 32.1 Å².